The lowest BCUT2D eigenvalue weighted by molar-refractivity contribution is -0.0521. The minimum absolute atomic E-state index is 0.135. The second-order valence-electron chi connectivity index (χ2n) is 5.89. The minimum atomic E-state index is -0.398. The Labute approximate surface area is 132 Å². The van der Waals surface area contributed by atoms with Gasteiger partial charge in [-0.05, 0) is 38.1 Å². The van der Waals surface area contributed by atoms with Crippen LogP contribution in [0.3, 0.4) is 0 Å². The molecule has 1 saturated heterocycles. The standard InChI is InChI=1S/C19H22N2O/c1-4-16-15-22-19(2,3)21(16)20(17-11-7-5-8-12-17)18-13-9-6-10-14-18/h4-14,16H,1,15H2,2-3H3. The van der Waals surface area contributed by atoms with Crippen molar-refractivity contribution in [1.82, 2.24) is 5.01 Å². The molecule has 2 aromatic carbocycles. The van der Waals surface area contributed by atoms with E-state index in [2.05, 4.69) is 79.0 Å². The summed E-state index contributed by atoms with van der Waals surface area (Å²) in [5, 5.41) is 4.48. The Morgan fingerprint density at radius 2 is 1.55 bits per heavy atom. The first-order chi connectivity index (χ1) is 10.6. The molecule has 1 aliphatic rings. The van der Waals surface area contributed by atoms with Crippen molar-refractivity contribution in [3.05, 3.63) is 73.3 Å². The highest BCUT2D eigenvalue weighted by Crippen LogP contribution is 2.37. The van der Waals surface area contributed by atoms with Gasteiger partial charge in [0.05, 0.1) is 24.0 Å². The average Bonchev–Trinajstić information content (AvgIpc) is 2.85. The van der Waals surface area contributed by atoms with Crippen LogP contribution in [0, 0.1) is 0 Å². The molecule has 1 fully saturated rings. The molecule has 1 aliphatic heterocycles. The van der Waals surface area contributed by atoms with E-state index >= 15 is 0 Å². The smallest absolute Gasteiger partial charge is 0.134 e. The Kier molecular flexibility index (Phi) is 4.01. The fourth-order valence-electron chi connectivity index (χ4n) is 2.92. The van der Waals surface area contributed by atoms with Crippen LogP contribution in [-0.4, -0.2) is 23.4 Å². The summed E-state index contributed by atoms with van der Waals surface area (Å²) in [4.78, 5) is 0. The van der Waals surface area contributed by atoms with Gasteiger partial charge in [-0.1, -0.05) is 42.5 Å². The molecule has 0 aromatic heterocycles. The summed E-state index contributed by atoms with van der Waals surface area (Å²) in [5.41, 5.74) is 1.82. The summed E-state index contributed by atoms with van der Waals surface area (Å²) in [6, 6.07) is 20.9. The van der Waals surface area contributed by atoms with Crippen LogP contribution in [0.2, 0.25) is 0 Å². The number of para-hydroxylation sites is 2. The fourth-order valence-corrected chi connectivity index (χ4v) is 2.92. The van der Waals surface area contributed by atoms with E-state index in [0.717, 1.165) is 11.4 Å². The van der Waals surface area contributed by atoms with Gasteiger partial charge in [0, 0.05) is 0 Å². The number of anilines is 2. The van der Waals surface area contributed by atoms with Gasteiger partial charge >= 0.3 is 0 Å². The van der Waals surface area contributed by atoms with Gasteiger partial charge in [0.1, 0.15) is 5.72 Å². The largest absolute Gasteiger partial charge is 0.357 e. The molecule has 3 rings (SSSR count). The Morgan fingerprint density at radius 3 is 2.00 bits per heavy atom. The number of hydrazine groups is 1. The number of ether oxygens (including phenoxy) is 1. The van der Waals surface area contributed by atoms with Crippen molar-refractivity contribution in [3.63, 3.8) is 0 Å². The number of hydrogen-bond donors (Lipinski definition) is 0. The molecular formula is C19H22N2O. The molecule has 0 bridgehead atoms. The number of rotatable bonds is 4. The van der Waals surface area contributed by atoms with Gasteiger partial charge in [0.15, 0.2) is 0 Å². The predicted octanol–water partition coefficient (Wildman–Crippen LogP) is 4.36. The molecule has 3 heteroatoms. The van der Waals surface area contributed by atoms with Crippen molar-refractivity contribution in [3.8, 4) is 0 Å². The molecule has 2 aromatic rings. The Hall–Kier alpha value is -2.10. The summed E-state index contributed by atoms with van der Waals surface area (Å²) in [6.07, 6.45) is 1.95. The van der Waals surface area contributed by atoms with E-state index in [9.17, 15) is 0 Å². The van der Waals surface area contributed by atoms with Gasteiger partial charge in [-0.2, -0.15) is 5.01 Å². The molecule has 1 heterocycles. The molecule has 22 heavy (non-hydrogen) atoms. The van der Waals surface area contributed by atoms with Gasteiger partial charge in [-0.15, -0.1) is 6.58 Å². The van der Waals surface area contributed by atoms with Crippen LogP contribution in [0.15, 0.2) is 73.3 Å². The van der Waals surface area contributed by atoms with Gasteiger partial charge in [-0.25, -0.2) is 0 Å². The Balaban J connectivity index is 2.11. The average molecular weight is 294 g/mol. The highest BCUT2D eigenvalue weighted by Gasteiger charge is 2.43. The van der Waals surface area contributed by atoms with Crippen LogP contribution >= 0.6 is 0 Å². The molecule has 3 nitrogen and oxygen atoms in total. The van der Waals surface area contributed by atoms with Crippen molar-refractivity contribution >= 4 is 11.4 Å². The lowest BCUT2D eigenvalue weighted by Crippen LogP contribution is -2.52. The molecule has 0 N–H and O–H groups in total. The quantitative estimate of drug-likeness (QED) is 0.779. The van der Waals surface area contributed by atoms with Crippen LogP contribution < -0.4 is 5.01 Å². The maximum Gasteiger partial charge on any atom is 0.134 e. The zero-order chi connectivity index (χ0) is 15.6. The molecule has 1 unspecified atom stereocenters. The topological polar surface area (TPSA) is 15.7 Å². The Bertz CT molecular complexity index is 585. The Morgan fingerprint density at radius 1 is 1.05 bits per heavy atom. The first kappa shape index (κ1) is 14.8. The molecule has 114 valence electrons. The summed E-state index contributed by atoms with van der Waals surface area (Å²) < 4.78 is 5.99. The maximum atomic E-state index is 5.99. The summed E-state index contributed by atoms with van der Waals surface area (Å²) >= 11 is 0. The second kappa shape index (κ2) is 5.95. The van der Waals surface area contributed by atoms with Crippen molar-refractivity contribution in [1.29, 1.82) is 0 Å². The van der Waals surface area contributed by atoms with E-state index in [0.29, 0.717) is 6.61 Å². The summed E-state index contributed by atoms with van der Waals surface area (Å²) in [6.45, 7) is 8.81. The van der Waals surface area contributed by atoms with Gasteiger partial charge in [-0.3, -0.25) is 5.01 Å². The molecule has 0 spiro atoms. The van der Waals surface area contributed by atoms with E-state index in [4.69, 9.17) is 4.74 Å². The van der Waals surface area contributed by atoms with Crippen molar-refractivity contribution in [2.45, 2.75) is 25.6 Å². The van der Waals surface area contributed by atoms with Crippen molar-refractivity contribution in [2.24, 2.45) is 0 Å². The molecule has 0 radical (unpaired) electrons. The zero-order valence-corrected chi connectivity index (χ0v) is 13.1. The first-order valence-electron chi connectivity index (χ1n) is 7.59. The number of benzene rings is 2. The summed E-state index contributed by atoms with van der Waals surface area (Å²) in [7, 11) is 0. The van der Waals surface area contributed by atoms with E-state index in [1.54, 1.807) is 0 Å². The van der Waals surface area contributed by atoms with Crippen LogP contribution in [-0.2, 0) is 4.74 Å². The number of hydrogen-bond acceptors (Lipinski definition) is 3. The fraction of sp³-hybridized carbons (Fsp3) is 0.263. The van der Waals surface area contributed by atoms with E-state index in [1.807, 2.05) is 18.2 Å². The zero-order valence-electron chi connectivity index (χ0n) is 13.1. The number of nitrogens with zero attached hydrogens (tertiary/aromatic N) is 2. The van der Waals surface area contributed by atoms with Gasteiger partial charge < -0.3 is 4.74 Å². The third kappa shape index (κ3) is 2.65. The molecular weight excluding hydrogens is 272 g/mol. The molecule has 0 aliphatic carbocycles. The highest BCUT2D eigenvalue weighted by atomic mass is 16.5. The van der Waals surface area contributed by atoms with Crippen molar-refractivity contribution < 1.29 is 4.74 Å². The third-order valence-corrected chi connectivity index (χ3v) is 3.96. The minimum Gasteiger partial charge on any atom is -0.357 e. The normalized spacial score (nSPS) is 20.7. The van der Waals surface area contributed by atoms with E-state index < -0.39 is 5.72 Å². The lowest BCUT2D eigenvalue weighted by Gasteiger charge is -2.42. The van der Waals surface area contributed by atoms with Crippen LogP contribution in [0.5, 0.6) is 0 Å². The van der Waals surface area contributed by atoms with Crippen LogP contribution in [0.4, 0.5) is 11.4 Å². The van der Waals surface area contributed by atoms with E-state index in [-0.39, 0.29) is 6.04 Å². The second-order valence-corrected chi connectivity index (χ2v) is 5.89. The third-order valence-electron chi connectivity index (χ3n) is 3.96. The van der Waals surface area contributed by atoms with E-state index in [1.165, 1.54) is 0 Å². The predicted molar refractivity (Wildman–Crippen MR) is 90.9 cm³/mol. The van der Waals surface area contributed by atoms with Crippen molar-refractivity contribution in [2.75, 3.05) is 11.6 Å². The van der Waals surface area contributed by atoms with Crippen LogP contribution in [0.25, 0.3) is 0 Å². The molecule has 1 atom stereocenters. The van der Waals surface area contributed by atoms with Gasteiger partial charge in [0.2, 0.25) is 0 Å². The molecule has 0 saturated carbocycles. The monoisotopic (exact) mass is 294 g/mol. The lowest BCUT2D eigenvalue weighted by atomic mass is 10.2. The van der Waals surface area contributed by atoms with Crippen LogP contribution in [0.1, 0.15) is 13.8 Å². The van der Waals surface area contributed by atoms with Gasteiger partial charge in [0.25, 0.3) is 0 Å². The summed E-state index contributed by atoms with van der Waals surface area (Å²) in [5.74, 6) is 0. The first-order valence-corrected chi connectivity index (χ1v) is 7.59. The molecule has 0 amide bonds. The maximum absolute atomic E-state index is 5.99. The highest BCUT2D eigenvalue weighted by molar-refractivity contribution is 5.62. The SMILES string of the molecule is C=CC1COC(C)(C)N1N(c1ccccc1)c1ccccc1.